The van der Waals surface area contributed by atoms with Gasteiger partial charge in [-0.05, 0) is 40.2 Å². The van der Waals surface area contributed by atoms with Crippen molar-refractivity contribution in [3.63, 3.8) is 0 Å². The first-order valence-corrected chi connectivity index (χ1v) is 6.55. The molecule has 0 fully saturated rings. The minimum Gasteiger partial charge on any atom is -0.454 e. The minimum atomic E-state index is 0.423. The number of ether oxygens (including phenoxy) is 1. The van der Waals surface area contributed by atoms with Crippen molar-refractivity contribution in [2.75, 3.05) is 0 Å². The molecule has 1 aromatic heterocycles. The lowest BCUT2D eigenvalue weighted by molar-refractivity contribution is 0.471. The number of hydrogen-bond acceptors (Lipinski definition) is 3. The van der Waals surface area contributed by atoms with Gasteiger partial charge in [0.1, 0.15) is 11.5 Å². The van der Waals surface area contributed by atoms with Crippen LogP contribution in [0.15, 0.2) is 45.6 Å². The van der Waals surface area contributed by atoms with E-state index in [0.29, 0.717) is 12.3 Å². The van der Waals surface area contributed by atoms with Crippen LogP contribution in [0.5, 0.6) is 11.5 Å². The Hall–Kier alpha value is -0.910. The standard InChI is InChI=1S/C12H10Br2N2O/c13-9-1-2-11(10(14)5-9)17-12-7-16-4-3-8(12)6-15/h1-5,7H,6,15H2. The lowest BCUT2D eigenvalue weighted by atomic mass is 10.2. The maximum absolute atomic E-state index is 5.78. The zero-order valence-corrected chi connectivity index (χ0v) is 12.0. The van der Waals surface area contributed by atoms with Crippen LogP contribution in [0.1, 0.15) is 5.56 Å². The molecule has 0 unspecified atom stereocenters. The van der Waals surface area contributed by atoms with E-state index in [0.717, 1.165) is 20.3 Å². The summed E-state index contributed by atoms with van der Waals surface area (Å²) in [6.45, 7) is 0.423. The van der Waals surface area contributed by atoms with E-state index in [9.17, 15) is 0 Å². The molecule has 0 saturated carbocycles. The Bertz CT molecular complexity index is 532. The third-order valence-electron chi connectivity index (χ3n) is 2.20. The molecule has 0 amide bonds. The molecule has 0 saturated heterocycles. The van der Waals surface area contributed by atoms with Gasteiger partial charge in [0.15, 0.2) is 0 Å². The molecular weight excluding hydrogens is 348 g/mol. The van der Waals surface area contributed by atoms with Gasteiger partial charge in [-0.15, -0.1) is 0 Å². The number of halogens is 2. The molecule has 2 aromatic rings. The SMILES string of the molecule is NCc1ccncc1Oc1ccc(Br)cc1Br. The van der Waals surface area contributed by atoms with Gasteiger partial charge in [-0.2, -0.15) is 0 Å². The van der Waals surface area contributed by atoms with E-state index in [1.54, 1.807) is 12.4 Å². The van der Waals surface area contributed by atoms with Gasteiger partial charge in [0.25, 0.3) is 0 Å². The highest BCUT2D eigenvalue weighted by Gasteiger charge is 2.06. The quantitative estimate of drug-likeness (QED) is 0.907. The van der Waals surface area contributed by atoms with Gasteiger partial charge < -0.3 is 10.5 Å². The second-order valence-corrected chi connectivity index (χ2v) is 5.13. The predicted octanol–water partition coefficient (Wildman–Crippen LogP) is 3.86. The van der Waals surface area contributed by atoms with Crippen LogP contribution >= 0.6 is 31.9 Å². The van der Waals surface area contributed by atoms with Crippen molar-refractivity contribution in [2.45, 2.75) is 6.54 Å². The van der Waals surface area contributed by atoms with Crippen LogP contribution in [0.2, 0.25) is 0 Å². The van der Waals surface area contributed by atoms with E-state index >= 15 is 0 Å². The lowest BCUT2D eigenvalue weighted by Crippen LogP contribution is -1.99. The highest BCUT2D eigenvalue weighted by Crippen LogP contribution is 2.32. The summed E-state index contributed by atoms with van der Waals surface area (Å²) in [4.78, 5) is 4.03. The van der Waals surface area contributed by atoms with E-state index < -0.39 is 0 Å². The Kier molecular flexibility index (Phi) is 4.15. The summed E-state index contributed by atoms with van der Waals surface area (Å²) in [5, 5.41) is 0. The highest BCUT2D eigenvalue weighted by molar-refractivity contribution is 9.11. The molecule has 1 heterocycles. The summed E-state index contributed by atoms with van der Waals surface area (Å²) < 4.78 is 7.64. The van der Waals surface area contributed by atoms with Crippen molar-refractivity contribution >= 4 is 31.9 Å². The zero-order chi connectivity index (χ0) is 12.3. The van der Waals surface area contributed by atoms with Gasteiger partial charge in [-0.3, -0.25) is 4.98 Å². The molecule has 88 valence electrons. The van der Waals surface area contributed by atoms with Crippen LogP contribution in [0.25, 0.3) is 0 Å². The summed E-state index contributed by atoms with van der Waals surface area (Å²) in [7, 11) is 0. The Morgan fingerprint density at radius 1 is 1.18 bits per heavy atom. The van der Waals surface area contributed by atoms with Gasteiger partial charge in [0, 0.05) is 22.8 Å². The average molecular weight is 358 g/mol. The first kappa shape index (κ1) is 12.5. The van der Waals surface area contributed by atoms with E-state index in [-0.39, 0.29) is 0 Å². The second-order valence-electron chi connectivity index (χ2n) is 3.36. The molecule has 3 nitrogen and oxygen atoms in total. The van der Waals surface area contributed by atoms with E-state index in [1.165, 1.54) is 0 Å². The molecule has 0 aliphatic carbocycles. The van der Waals surface area contributed by atoms with E-state index in [1.807, 2.05) is 24.3 Å². The third kappa shape index (κ3) is 3.06. The Labute approximate surface area is 116 Å². The molecule has 0 aliphatic heterocycles. The van der Waals surface area contributed by atoms with E-state index in [2.05, 4.69) is 36.8 Å². The molecule has 0 atom stereocenters. The number of rotatable bonds is 3. The van der Waals surface area contributed by atoms with Gasteiger partial charge in [0.2, 0.25) is 0 Å². The first-order chi connectivity index (χ1) is 8.20. The van der Waals surface area contributed by atoms with Gasteiger partial charge in [0.05, 0.1) is 10.7 Å². The number of pyridine rings is 1. The van der Waals surface area contributed by atoms with Crippen LogP contribution in [-0.2, 0) is 6.54 Å². The van der Waals surface area contributed by atoms with Gasteiger partial charge in [-0.1, -0.05) is 15.9 Å². The normalized spacial score (nSPS) is 10.3. The summed E-state index contributed by atoms with van der Waals surface area (Å²) in [6, 6.07) is 7.57. The van der Waals surface area contributed by atoms with Crippen molar-refractivity contribution in [2.24, 2.45) is 5.73 Å². The molecule has 0 radical (unpaired) electrons. The molecule has 2 rings (SSSR count). The Balaban J connectivity index is 2.31. The number of benzene rings is 1. The zero-order valence-electron chi connectivity index (χ0n) is 8.86. The maximum atomic E-state index is 5.78. The highest BCUT2D eigenvalue weighted by atomic mass is 79.9. The van der Waals surface area contributed by atoms with E-state index in [4.69, 9.17) is 10.5 Å². The molecule has 0 aliphatic rings. The average Bonchev–Trinajstić information content (AvgIpc) is 2.33. The topological polar surface area (TPSA) is 48.1 Å². The smallest absolute Gasteiger partial charge is 0.150 e. The van der Waals surface area contributed by atoms with Gasteiger partial charge >= 0.3 is 0 Å². The van der Waals surface area contributed by atoms with Gasteiger partial charge in [-0.25, -0.2) is 0 Å². The fourth-order valence-corrected chi connectivity index (χ4v) is 2.47. The molecule has 0 bridgehead atoms. The summed E-state index contributed by atoms with van der Waals surface area (Å²) in [5.74, 6) is 1.41. The fraction of sp³-hybridized carbons (Fsp3) is 0.0833. The minimum absolute atomic E-state index is 0.423. The number of aromatic nitrogens is 1. The summed E-state index contributed by atoms with van der Waals surface area (Å²) in [5.41, 5.74) is 6.57. The van der Waals surface area contributed by atoms with Crippen molar-refractivity contribution in [3.05, 3.63) is 51.2 Å². The van der Waals surface area contributed by atoms with Crippen LogP contribution in [0.3, 0.4) is 0 Å². The van der Waals surface area contributed by atoms with Crippen LogP contribution in [0.4, 0.5) is 0 Å². The molecule has 17 heavy (non-hydrogen) atoms. The lowest BCUT2D eigenvalue weighted by Gasteiger charge is -2.10. The fourth-order valence-electron chi connectivity index (χ4n) is 1.35. The second kappa shape index (κ2) is 5.62. The molecular formula is C12H10Br2N2O. The predicted molar refractivity (Wildman–Crippen MR) is 74.0 cm³/mol. The first-order valence-electron chi connectivity index (χ1n) is 4.96. The largest absolute Gasteiger partial charge is 0.454 e. The maximum Gasteiger partial charge on any atom is 0.150 e. The third-order valence-corrected chi connectivity index (χ3v) is 3.32. The Morgan fingerprint density at radius 3 is 2.71 bits per heavy atom. The molecule has 1 aromatic carbocycles. The van der Waals surface area contributed by atoms with Crippen LogP contribution in [-0.4, -0.2) is 4.98 Å². The number of nitrogens with two attached hydrogens (primary N) is 1. The summed E-state index contributed by atoms with van der Waals surface area (Å²) >= 11 is 6.84. The van der Waals surface area contributed by atoms with Crippen molar-refractivity contribution in [3.8, 4) is 11.5 Å². The van der Waals surface area contributed by atoms with Crippen molar-refractivity contribution in [1.82, 2.24) is 4.98 Å². The number of nitrogens with zero attached hydrogens (tertiary/aromatic N) is 1. The Morgan fingerprint density at radius 2 is 2.00 bits per heavy atom. The molecule has 2 N–H and O–H groups in total. The summed E-state index contributed by atoms with van der Waals surface area (Å²) in [6.07, 6.45) is 3.36. The van der Waals surface area contributed by atoms with Crippen molar-refractivity contribution < 1.29 is 4.74 Å². The van der Waals surface area contributed by atoms with Crippen molar-refractivity contribution in [1.29, 1.82) is 0 Å². The number of hydrogen-bond donors (Lipinski definition) is 1. The molecule has 5 heteroatoms. The monoisotopic (exact) mass is 356 g/mol. The van der Waals surface area contributed by atoms with Crippen LogP contribution < -0.4 is 10.5 Å². The van der Waals surface area contributed by atoms with Crippen LogP contribution in [0, 0.1) is 0 Å². The molecule has 0 spiro atoms.